The SMILES string of the molecule is CC(C)(C)OCC(CNc1ccc(S(N)(=O)=O)cc1[N+](=O)[O-])Sc1ccccc1. The molecule has 2 rings (SSSR count). The maximum Gasteiger partial charge on any atom is 0.293 e. The van der Waals surface area contributed by atoms with Crippen LogP contribution in [0, 0.1) is 10.1 Å². The highest BCUT2D eigenvalue weighted by Gasteiger charge is 2.21. The van der Waals surface area contributed by atoms with E-state index in [4.69, 9.17) is 9.88 Å². The van der Waals surface area contributed by atoms with Gasteiger partial charge in [0, 0.05) is 17.5 Å². The standard InChI is InChI=1S/C19H25N3O5S2/c1-19(2,3)27-13-15(28-14-7-5-4-6-8-14)12-21-17-10-9-16(29(20,25)26)11-18(17)22(23)24/h4-11,15,21H,12-13H2,1-3H3,(H2,20,25,26). The number of nitrogens with one attached hydrogen (secondary N) is 1. The van der Waals surface area contributed by atoms with Crippen LogP contribution in [0.1, 0.15) is 20.8 Å². The molecule has 0 saturated carbocycles. The Bertz CT molecular complexity index is 944. The molecule has 0 aromatic heterocycles. The van der Waals surface area contributed by atoms with Gasteiger partial charge < -0.3 is 10.1 Å². The van der Waals surface area contributed by atoms with Gasteiger partial charge in [-0.3, -0.25) is 10.1 Å². The molecule has 2 aromatic rings. The van der Waals surface area contributed by atoms with Gasteiger partial charge in [0.25, 0.3) is 5.69 Å². The summed E-state index contributed by atoms with van der Waals surface area (Å²) in [6, 6.07) is 13.3. The fourth-order valence-electron chi connectivity index (χ4n) is 2.38. The van der Waals surface area contributed by atoms with Crippen molar-refractivity contribution >= 4 is 33.2 Å². The van der Waals surface area contributed by atoms with Crippen LogP contribution in [0.2, 0.25) is 0 Å². The number of nitro groups is 1. The van der Waals surface area contributed by atoms with Crippen LogP contribution in [0.3, 0.4) is 0 Å². The molecule has 0 radical (unpaired) electrons. The fraction of sp³-hybridized carbons (Fsp3) is 0.368. The molecule has 0 spiro atoms. The Kier molecular flexibility index (Phi) is 7.64. The van der Waals surface area contributed by atoms with E-state index in [0.717, 1.165) is 11.0 Å². The Hall–Kier alpha value is -2.14. The van der Waals surface area contributed by atoms with Crippen molar-refractivity contribution in [2.45, 2.75) is 41.4 Å². The molecule has 0 amide bonds. The largest absolute Gasteiger partial charge is 0.378 e. The average molecular weight is 440 g/mol. The summed E-state index contributed by atoms with van der Waals surface area (Å²) in [4.78, 5) is 11.5. The molecule has 1 atom stereocenters. The number of hydrogen-bond donors (Lipinski definition) is 2. The number of nitrogens with two attached hydrogens (primary N) is 1. The number of thioether (sulfide) groups is 1. The van der Waals surface area contributed by atoms with E-state index in [1.165, 1.54) is 12.1 Å². The third kappa shape index (κ3) is 7.65. The lowest BCUT2D eigenvalue weighted by Crippen LogP contribution is -2.29. The molecule has 29 heavy (non-hydrogen) atoms. The van der Waals surface area contributed by atoms with Crippen LogP contribution >= 0.6 is 11.8 Å². The molecule has 8 nitrogen and oxygen atoms in total. The zero-order chi connectivity index (χ0) is 21.7. The molecule has 0 aliphatic carbocycles. The molecule has 0 aliphatic heterocycles. The van der Waals surface area contributed by atoms with E-state index in [9.17, 15) is 18.5 Å². The zero-order valence-corrected chi connectivity index (χ0v) is 18.1. The van der Waals surface area contributed by atoms with Gasteiger partial charge in [0.15, 0.2) is 0 Å². The van der Waals surface area contributed by atoms with Crippen LogP contribution in [0.25, 0.3) is 0 Å². The van der Waals surface area contributed by atoms with Crippen LogP contribution in [0.15, 0.2) is 58.3 Å². The summed E-state index contributed by atoms with van der Waals surface area (Å²) in [7, 11) is -4.03. The van der Waals surface area contributed by atoms with Crippen LogP contribution in [0.5, 0.6) is 0 Å². The third-order valence-corrected chi connectivity index (χ3v) is 5.85. The Balaban J connectivity index is 2.19. The summed E-state index contributed by atoms with van der Waals surface area (Å²) >= 11 is 1.60. The summed E-state index contributed by atoms with van der Waals surface area (Å²) in [6.45, 7) is 6.69. The van der Waals surface area contributed by atoms with Crippen molar-refractivity contribution < 1.29 is 18.1 Å². The van der Waals surface area contributed by atoms with Crippen molar-refractivity contribution in [3.8, 4) is 0 Å². The summed E-state index contributed by atoms with van der Waals surface area (Å²) in [5.74, 6) is 0. The van der Waals surface area contributed by atoms with E-state index in [0.29, 0.717) is 13.2 Å². The Labute approximate surface area is 175 Å². The molecule has 0 saturated heterocycles. The first-order chi connectivity index (χ1) is 13.5. The van der Waals surface area contributed by atoms with Crippen LogP contribution in [-0.4, -0.2) is 37.3 Å². The molecule has 0 fully saturated rings. The second-order valence-corrected chi connectivity index (χ2v) is 10.3. The minimum absolute atomic E-state index is 0.0332. The summed E-state index contributed by atoms with van der Waals surface area (Å²) < 4.78 is 28.9. The van der Waals surface area contributed by atoms with Gasteiger partial charge in [0.2, 0.25) is 10.0 Å². The number of hydrogen-bond acceptors (Lipinski definition) is 7. The molecule has 2 aromatic carbocycles. The maximum atomic E-state index is 11.5. The van der Waals surface area contributed by atoms with Crippen molar-refractivity contribution in [3.63, 3.8) is 0 Å². The van der Waals surface area contributed by atoms with Gasteiger partial charge in [-0.25, -0.2) is 13.6 Å². The van der Waals surface area contributed by atoms with Gasteiger partial charge in [0.05, 0.1) is 27.3 Å². The first-order valence-corrected chi connectivity index (χ1v) is 11.3. The highest BCUT2D eigenvalue weighted by Crippen LogP contribution is 2.29. The minimum Gasteiger partial charge on any atom is -0.378 e. The number of ether oxygens (including phenoxy) is 1. The van der Waals surface area contributed by atoms with Crippen LogP contribution in [0.4, 0.5) is 11.4 Å². The predicted octanol–water partition coefficient (Wildman–Crippen LogP) is 3.63. The van der Waals surface area contributed by atoms with E-state index in [1.54, 1.807) is 11.8 Å². The molecule has 158 valence electrons. The van der Waals surface area contributed by atoms with E-state index in [1.807, 2.05) is 51.1 Å². The molecule has 10 heteroatoms. The highest BCUT2D eigenvalue weighted by molar-refractivity contribution is 8.00. The number of anilines is 1. The van der Waals surface area contributed by atoms with Crippen molar-refractivity contribution in [1.29, 1.82) is 0 Å². The molecular weight excluding hydrogens is 414 g/mol. The molecular formula is C19H25N3O5S2. The lowest BCUT2D eigenvalue weighted by atomic mass is 10.2. The summed E-state index contributed by atoms with van der Waals surface area (Å²) in [5.41, 5.74) is -0.452. The lowest BCUT2D eigenvalue weighted by Gasteiger charge is -2.24. The Morgan fingerprint density at radius 3 is 2.41 bits per heavy atom. The lowest BCUT2D eigenvalue weighted by molar-refractivity contribution is -0.384. The van der Waals surface area contributed by atoms with Crippen LogP contribution in [-0.2, 0) is 14.8 Å². The first kappa shape index (κ1) is 23.1. The Morgan fingerprint density at radius 1 is 1.21 bits per heavy atom. The number of sulfonamides is 1. The normalized spacial score (nSPS) is 13.1. The van der Waals surface area contributed by atoms with Crippen LogP contribution < -0.4 is 10.5 Å². The van der Waals surface area contributed by atoms with Gasteiger partial charge in [-0.15, -0.1) is 11.8 Å². The number of nitro benzene ring substituents is 1. The molecule has 3 N–H and O–H groups in total. The zero-order valence-electron chi connectivity index (χ0n) is 16.5. The molecule has 0 aliphatic rings. The van der Waals surface area contributed by atoms with Gasteiger partial charge in [-0.05, 0) is 45.0 Å². The summed E-state index contributed by atoms with van der Waals surface area (Å²) in [6.07, 6.45) is 0. The van der Waals surface area contributed by atoms with Gasteiger partial charge >= 0.3 is 0 Å². The molecule has 0 heterocycles. The number of primary sulfonamides is 1. The fourth-order valence-corrected chi connectivity index (χ4v) is 3.92. The van der Waals surface area contributed by atoms with Gasteiger partial charge in [-0.1, -0.05) is 18.2 Å². The second-order valence-electron chi connectivity index (χ2n) is 7.34. The predicted molar refractivity (Wildman–Crippen MR) is 115 cm³/mol. The van der Waals surface area contributed by atoms with E-state index < -0.39 is 14.9 Å². The van der Waals surface area contributed by atoms with Crippen molar-refractivity contribution in [3.05, 3.63) is 58.6 Å². The second kappa shape index (κ2) is 9.57. The average Bonchev–Trinajstić information content (AvgIpc) is 2.63. The first-order valence-electron chi connectivity index (χ1n) is 8.86. The topological polar surface area (TPSA) is 125 Å². The Morgan fingerprint density at radius 2 is 1.86 bits per heavy atom. The highest BCUT2D eigenvalue weighted by atomic mass is 32.2. The van der Waals surface area contributed by atoms with Gasteiger partial charge in [0.1, 0.15) is 5.69 Å². The van der Waals surface area contributed by atoms with E-state index in [2.05, 4.69) is 5.32 Å². The van der Waals surface area contributed by atoms with Gasteiger partial charge in [-0.2, -0.15) is 0 Å². The maximum absolute atomic E-state index is 11.5. The van der Waals surface area contributed by atoms with Crippen molar-refractivity contribution in [2.24, 2.45) is 5.14 Å². The van der Waals surface area contributed by atoms with Crippen molar-refractivity contribution in [1.82, 2.24) is 0 Å². The number of benzene rings is 2. The molecule has 1 unspecified atom stereocenters. The van der Waals surface area contributed by atoms with E-state index >= 15 is 0 Å². The quantitative estimate of drug-likeness (QED) is 0.347. The van der Waals surface area contributed by atoms with Crippen molar-refractivity contribution in [2.75, 3.05) is 18.5 Å². The van der Waals surface area contributed by atoms with E-state index in [-0.39, 0.29) is 27.1 Å². The molecule has 0 bridgehead atoms. The number of nitrogens with zero attached hydrogens (tertiary/aromatic N) is 1. The summed E-state index contributed by atoms with van der Waals surface area (Å²) in [5, 5.41) is 19.5. The number of rotatable bonds is 9. The smallest absolute Gasteiger partial charge is 0.293 e. The minimum atomic E-state index is -4.03. The third-order valence-electron chi connectivity index (χ3n) is 3.76. The monoisotopic (exact) mass is 439 g/mol.